The predicted octanol–water partition coefficient (Wildman–Crippen LogP) is 3.01. The number of alkyl halides is 1. The number of halogens is 1. The van der Waals surface area contributed by atoms with Gasteiger partial charge in [0.15, 0.2) is 0 Å². The maximum Gasteiger partial charge on any atom is 0.223 e. The van der Waals surface area contributed by atoms with Gasteiger partial charge >= 0.3 is 0 Å². The van der Waals surface area contributed by atoms with Gasteiger partial charge in [0.25, 0.3) is 0 Å². The first-order valence-corrected chi connectivity index (χ1v) is 7.85. The Kier molecular flexibility index (Phi) is 5.25. The molecular formula is C15H20BrNO2. The zero-order valence-electron chi connectivity index (χ0n) is 11.3. The van der Waals surface area contributed by atoms with Crippen LogP contribution in [0, 0.1) is 0 Å². The van der Waals surface area contributed by atoms with Crippen molar-refractivity contribution in [1.82, 2.24) is 4.90 Å². The molecule has 0 saturated heterocycles. The highest BCUT2D eigenvalue weighted by Gasteiger charge is 2.31. The second-order valence-corrected chi connectivity index (χ2v) is 5.65. The van der Waals surface area contributed by atoms with Gasteiger partial charge in [-0.05, 0) is 37.0 Å². The van der Waals surface area contributed by atoms with Crippen LogP contribution in [-0.2, 0) is 11.2 Å². The number of hydrogen-bond donors (Lipinski definition) is 0. The molecule has 104 valence electrons. The summed E-state index contributed by atoms with van der Waals surface area (Å²) in [6.07, 6.45) is 3.73. The van der Waals surface area contributed by atoms with Gasteiger partial charge < -0.3 is 9.64 Å². The minimum Gasteiger partial charge on any atom is -0.497 e. The number of benzene rings is 1. The molecule has 4 heteroatoms. The predicted molar refractivity (Wildman–Crippen MR) is 79.8 cm³/mol. The van der Waals surface area contributed by atoms with Crippen LogP contribution in [0.1, 0.15) is 24.8 Å². The Morgan fingerprint density at radius 1 is 1.37 bits per heavy atom. The van der Waals surface area contributed by atoms with Crippen molar-refractivity contribution in [3.05, 3.63) is 29.8 Å². The smallest absolute Gasteiger partial charge is 0.223 e. The highest BCUT2D eigenvalue weighted by atomic mass is 79.9. The maximum atomic E-state index is 12.2. The van der Waals surface area contributed by atoms with Crippen molar-refractivity contribution in [2.75, 3.05) is 19.0 Å². The van der Waals surface area contributed by atoms with E-state index >= 15 is 0 Å². The summed E-state index contributed by atoms with van der Waals surface area (Å²) in [6, 6.07) is 8.44. The first kappa shape index (κ1) is 14.4. The standard InChI is InChI=1S/C15H20BrNO2/c1-19-14-7-2-12(3-8-14)4-9-15(18)17(11-10-16)13-5-6-13/h2-3,7-8,13H,4-6,9-11H2,1H3. The van der Waals surface area contributed by atoms with E-state index in [-0.39, 0.29) is 5.91 Å². The average molecular weight is 326 g/mol. The third-order valence-corrected chi connectivity index (χ3v) is 3.77. The maximum absolute atomic E-state index is 12.2. The Labute approximate surface area is 123 Å². The van der Waals surface area contributed by atoms with Crippen molar-refractivity contribution in [2.24, 2.45) is 0 Å². The van der Waals surface area contributed by atoms with Crippen molar-refractivity contribution < 1.29 is 9.53 Å². The van der Waals surface area contributed by atoms with Crippen molar-refractivity contribution in [1.29, 1.82) is 0 Å². The van der Waals surface area contributed by atoms with Gasteiger partial charge in [-0.15, -0.1) is 0 Å². The molecule has 1 saturated carbocycles. The number of hydrogen-bond acceptors (Lipinski definition) is 2. The Bertz CT molecular complexity index is 415. The highest BCUT2D eigenvalue weighted by molar-refractivity contribution is 9.09. The number of methoxy groups -OCH3 is 1. The second kappa shape index (κ2) is 6.94. The second-order valence-electron chi connectivity index (χ2n) is 4.86. The van der Waals surface area contributed by atoms with E-state index in [1.807, 2.05) is 29.2 Å². The van der Waals surface area contributed by atoms with Crippen LogP contribution in [0.3, 0.4) is 0 Å². The summed E-state index contributed by atoms with van der Waals surface area (Å²) in [6.45, 7) is 0.826. The molecule has 1 amide bonds. The number of aryl methyl sites for hydroxylation is 1. The lowest BCUT2D eigenvalue weighted by molar-refractivity contribution is -0.131. The third-order valence-electron chi connectivity index (χ3n) is 3.42. The van der Waals surface area contributed by atoms with E-state index in [4.69, 9.17) is 4.74 Å². The third kappa shape index (κ3) is 4.23. The fourth-order valence-electron chi connectivity index (χ4n) is 2.18. The van der Waals surface area contributed by atoms with Crippen LogP contribution in [0.25, 0.3) is 0 Å². The molecule has 0 unspecified atom stereocenters. The molecule has 1 aliphatic rings. The molecule has 1 aromatic rings. The topological polar surface area (TPSA) is 29.5 Å². The Balaban J connectivity index is 1.84. The number of nitrogens with zero attached hydrogens (tertiary/aromatic N) is 1. The lowest BCUT2D eigenvalue weighted by Crippen LogP contribution is -2.34. The molecule has 1 fully saturated rings. The summed E-state index contributed by atoms with van der Waals surface area (Å²) >= 11 is 3.42. The number of ether oxygens (including phenoxy) is 1. The SMILES string of the molecule is COc1ccc(CCC(=O)N(CCBr)C2CC2)cc1. The van der Waals surface area contributed by atoms with E-state index < -0.39 is 0 Å². The van der Waals surface area contributed by atoms with Crippen LogP contribution in [0.5, 0.6) is 5.75 Å². The zero-order valence-corrected chi connectivity index (χ0v) is 12.9. The molecule has 0 bridgehead atoms. The summed E-state index contributed by atoms with van der Waals surface area (Å²) in [5.41, 5.74) is 1.18. The van der Waals surface area contributed by atoms with Crippen LogP contribution >= 0.6 is 15.9 Å². The van der Waals surface area contributed by atoms with Crippen LogP contribution in [0.2, 0.25) is 0 Å². The molecule has 1 aliphatic carbocycles. The van der Waals surface area contributed by atoms with Gasteiger partial charge in [0.1, 0.15) is 5.75 Å². The van der Waals surface area contributed by atoms with Crippen molar-refractivity contribution in [2.45, 2.75) is 31.7 Å². The normalized spacial score (nSPS) is 14.2. The van der Waals surface area contributed by atoms with Crippen molar-refractivity contribution in [3.63, 3.8) is 0 Å². The molecule has 3 nitrogen and oxygen atoms in total. The van der Waals surface area contributed by atoms with Crippen LogP contribution in [-0.4, -0.2) is 35.8 Å². The molecule has 2 rings (SSSR count). The summed E-state index contributed by atoms with van der Waals surface area (Å²) in [7, 11) is 1.66. The number of carbonyl (C=O) groups is 1. The molecule has 0 spiro atoms. The number of amides is 1. The van der Waals surface area contributed by atoms with Gasteiger partial charge in [-0.1, -0.05) is 28.1 Å². The molecule has 0 N–H and O–H groups in total. The highest BCUT2D eigenvalue weighted by Crippen LogP contribution is 2.27. The zero-order chi connectivity index (χ0) is 13.7. The van der Waals surface area contributed by atoms with Crippen molar-refractivity contribution >= 4 is 21.8 Å². The number of carbonyl (C=O) groups excluding carboxylic acids is 1. The van der Waals surface area contributed by atoms with E-state index in [1.165, 1.54) is 18.4 Å². The van der Waals surface area contributed by atoms with E-state index in [0.29, 0.717) is 12.5 Å². The molecular weight excluding hydrogens is 306 g/mol. The fourth-order valence-corrected chi connectivity index (χ4v) is 2.56. The summed E-state index contributed by atoms with van der Waals surface area (Å²) in [5, 5.41) is 0.859. The Morgan fingerprint density at radius 3 is 2.58 bits per heavy atom. The lowest BCUT2D eigenvalue weighted by Gasteiger charge is -2.21. The van der Waals surface area contributed by atoms with Crippen LogP contribution in [0.15, 0.2) is 24.3 Å². The minimum atomic E-state index is 0.276. The molecule has 0 heterocycles. The molecule has 0 atom stereocenters. The molecule has 0 aliphatic heterocycles. The summed E-state index contributed by atoms with van der Waals surface area (Å²) < 4.78 is 5.12. The monoisotopic (exact) mass is 325 g/mol. The number of rotatable bonds is 7. The molecule has 0 radical (unpaired) electrons. The van der Waals surface area contributed by atoms with Crippen LogP contribution < -0.4 is 4.74 Å². The van der Waals surface area contributed by atoms with Gasteiger partial charge in [0, 0.05) is 24.3 Å². The van der Waals surface area contributed by atoms with Crippen LogP contribution in [0.4, 0.5) is 0 Å². The van der Waals surface area contributed by atoms with Gasteiger partial charge in [-0.3, -0.25) is 4.79 Å². The van der Waals surface area contributed by atoms with E-state index in [9.17, 15) is 4.79 Å². The summed E-state index contributed by atoms with van der Waals surface area (Å²) in [4.78, 5) is 14.2. The summed E-state index contributed by atoms with van der Waals surface area (Å²) in [5.74, 6) is 1.13. The fraction of sp³-hybridized carbons (Fsp3) is 0.533. The van der Waals surface area contributed by atoms with Crippen molar-refractivity contribution in [3.8, 4) is 5.75 Å². The van der Waals surface area contributed by atoms with Gasteiger partial charge in [0.05, 0.1) is 7.11 Å². The first-order chi connectivity index (χ1) is 9.24. The average Bonchev–Trinajstić information content (AvgIpc) is 3.27. The van der Waals surface area contributed by atoms with Gasteiger partial charge in [-0.25, -0.2) is 0 Å². The van der Waals surface area contributed by atoms with Gasteiger partial charge in [-0.2, -0.15) is 0 Å². The lowest BCUT2D eigenvalue weighted by atomic mass is 10.1. The molecule has 19 heavy (non-hydrogen) atoms. The molecule has 1 aromatic carbocycles. The Morgan fingerprint density at radius 2 is 2.05 bits per heavy atom. The van der Waals surface area contributed by atoms with Gasteiger partial charge in [0.2, 0.25) is 5.91 Å². The molecule has 0 aromatic heterocycles. The largest absolute Gasteiger partial charge is 0.497 e. The minimum absolute atomic E-state index is 0.276. The van der Waals surface area contributed by atoms with E-state index in [1.54, 1.807) is 7.11 Å². The quantitative estimate of drug-likeness (QED) is 0.721. The Hall–Kier alpha value is -1.03. The first-order valence-electron chi connectivity index (χ1n) is 6.73. The van der Waals surface area contributed by atoms with E-state index in [0.717, 1.165) is 24.0 Å². The van der Waals surface area contributed by atoms with E-state index in [2.05, 4.69) is 15.9 Å².